The summed E-state index contributed by atoms with van der Waals surface area (Å²) >= 11 is 0. The number of amides is 4. The van der Waals surface area contributed by atoms with Gasteiger partial charge in [0.15, 0.2) is 0 Å². The van der Waals surface area contributed by atoms with Gasteiger partial charge in [-0.3, -0.25) is 24.7 Å². The number of para-hydroxylation sites is 2. The number of anilines is 1. The molecule has 10 nitrogen and oxygen atoms in total. The second kappa shape index (κ2) is 9.94. The summed E-state index contributed by atoms with van der Waals surface area (Å²) in [5, 5.41) is 12.3. The smallest absolute Gasteiger partial charge is 0.335 e. The van der Waals surface area contributed by atoms with Gasteiger partial charge in [-0.25, -0.2) is 19.1 Å². The van der Waals surface area contributed by atoms with Crippen molar-refractivity contribution in [3.63, 3.8) is 0 Å². The molecule has 10 heteroatoms. The van der Waals surface area contributed by atoms with Crippen molar-refractivity contribution in [3.8, 4) is 11.6 Å². The Morgan fingerprint density at radius 2 is 1.50 bits per heavy atom. The van der Waals surface area contributed by atoms with Crippen LogP contribution >= 0.6 is 0 Å². The Kier molecular flexibility index (Phi) is 6.59. The summed E-state index contributed by atoms with van der Waals surface area (Å²) in [4.78, 5) is 65.6. The highest BCUT2D eigenvalue weighted by molar-refractivity contribution is 6.37. The van der Waals surface area contributed by atoms with Crippen LogP contribution in [0.15, 0.2) is 99.6 Å². The Morgan fingerprint density at radius 3 is 2.14 bits per heavy atom. The highest BCUT2D eigenvalue weighted by atomic mass is 16.3. The van der Waals surface area contributed by atoms with Crippen LogP contribution in [0.1, 0.15) is 12.5 Å². The Hall–Kier alpha value is -5.25. The van der Waals surface area contributed by atoms with E-state index in [1.54, 1.807) is 67.6 Å². The van der Waals surface area contributed by atoms with Crippen molar-refractivity contribution >= 4 is 29.6 Å². The third kappa shape index (κ3) is 4.68. The van der Waals surface area contributed by atoms with Crippen LogP contribution in [0.3, 0.4) is 0 Å². The molecular formula is C26H20N4O6. The van der Waals surface area contributed by atoms with Crippen molar-refractivity contribution in [1.82, 2.24) is 14.9 Å². The molecule has 1 saturated heterocycles. The molecule has 1 aromatic heterocycles. The number of aromatic amines is 1. The maximum atomic E-state index is 12.9. The third-order valence-corrected chi connectivity index (χ3v) is 5.27. The number of H-pyrrole nitrogens is 1. The Balaban J connectivity index is 1.64. The summed E-state index contributed by atoms with van der Waals surface area (Å²) < 4.78 is 0.890. The second-order valence-electron chi connectivity index (χ2n) is 7.73. The number of nitrogens with one attached hydrogen (secondary N) is 2. The molecule has 4 amide bonds. The van der Waals surface area contributed by atoms with E-state index in [9.17, 15) is 29.1 Å². The van der Waals surface area contributed by atoms with Gasteiger partial charge in [-0.1, -0.05) is 54.1 Å². The molecule has 1 fully saturated rings. The number of barbiturate groups is 1. The van der Waals surface area contributed by atoms with Crippen molar-refractivity contribution in [1.29, 1.82) is 0 Å². The maximum absolute atomic E-state index is 12.9. The first-order chi connectivity index (χ1) is 17.3. The summed E-state index contributed by atoms with van der Waals surface area (Å²) in [6, 6.07) is 15.5. The second-order valence-corrected chi connectivity index (χ2v) is 7.73. The molecule has 0 saturated carbocycles. The van der Waals surface area contributed by atoms with E-state index in [4.69, 9.17) is 0 Å². The van der Waals surface area contributed by atoms with E-state index in [0.29, 0.717) is 16.9 Å². The molecule has 180 valence electrons. The highest BCUT2D eigenvalue weighted by Crippen LogP contribution is 2.20. The zero-order valence-electron chi connectivity index (χ0n) is 19.0. The quantitative estimate of drug-likeness (QED) is 0.288. The minimum atomic E-state index is -0.850. The van der Waals surface area contributed by atoms with Gasteiger partial charge in [0.2, 0.25) is 5.88 Å². The number of aromatic nitrogens is 2. The molecule has 1 aliphatic rings. The van der Waals surface area contributed by atoms with E-state index in [-0.39, 0.29) is 11.1 Å². The molecule has 4 rings (SSSR count). The molecule has 0 unspecified atom stereocenters. The number of aromatic hydroxyl groups is 1. The van der Waals surface area contributed by atoms with E-state index in [2.05, 4.69) is 10.3 Å². The Labute approximate surface area is 204 Å². The summed E-state index contributed by atoms with van der Waals surface area (Å²) in [7, 11) is 0. The Morgan fingerprint density at radius 1 is 0.889 bits per heavy atom. The SMILES string of the molecule is CC(C=Cc1c(O)[nH]c(=O)n(-c2ccccc2)c1=O)=CC=C1C(=O)NC(=O)N(c2ccccc2)C1=O. The Bertz CT molecular complexity index is 1560. The normalized spacial score (nSPS) is 15.6. The van der Waals surface area contributed by atoms with Gasteiger partial charge in [-0.05, 0) is 43.3 Å². The third-order valence-electron chi connectivity index (χ3n) is 5.27. The number of allylic oxidation sites excluding steroid dienone is 4. The van der Waals surface area contributed by atoms with Crippen molar-refractivity contribution in [3.05, 3.63) is 116 Å². The molecule has 2 aromatic carbocycles. The highest BCUT2D eigenvalue weighted by Gasteiger charge is 2.36. The first-order valence-electron chi connectivity index (χ1n) is 10.7. The lowest BCUT2D eigenvalue weighted by Gasteiger charge is -2.26. The zero-order chi connectivity index (χ0) is 25.8. The van der Waals surface area contributed by atoms with Crippen LogP contribution in [0.2, 0.25) is 0 Å². The van der Waals surface area contributed by atoms with Crippen LogP contribution in [0, 0.1) is 0 Å². The standard InChI is InChI=1S/C26H20N4O6/c1-16(12-14-19-21(31)27-25(35)29(23(19)33)17-8-4-2-5-9-17)13-15-20-22(32)28-26(36)30(24(20)34)18-10-6-3-7-11-18/h2-15,31H,1H3,(H,27,35)(H,28,32,36). The maximum Gasteiger partial charge on any atom is 0.335 e. The fraction of sp³-hybridized carbons (Fsp3) is 0.0385. The predicted molar refractivity (Wildman–Crippen MR) is 133 cm³/mol. The van der Waals surface area contributed by atoms with Gasteiger partial charge in [-0.15, -0.1) is 0 Å². The van der Waals surface area contributed by atoms with Crippen LogP contribution < -0.4 is 21.5 Å². The van der Waals surface area contributed by atoms with Gasteiger partial charge in [0.1, 0.15) is 11.1 Å². The summed E-state index contributed by atoms with van der Waals surface area (Å²) in [5.41, 5.74) is -0.809. The molecule has 2 heterocycles. The summed E-state index contributed by atoms with van der Waals surface area (Å²) in [6.45, 7) is 1.64. The van der Waals surface area contributed by atoms with Gasteiger partial charge in [0, 0.05) is 0 Å². The zero-order valence-corrected chi connectivity index (χ0v) is 19.0. The van der Waals surface area contributed by atoms with Gasteiger partial charge in [-0.2, -0.15) is 0 Å². The van der Waals surface area contributed by atoms with Crippen LogP contribution in [0.4, 0.5) is 10.5 Å². The number of rotatable bonds is 5. The summed E-state index contributed by atoms with van der Waals surface area (Å²) in [5.74, 6) is -2.22. The lowest BCUT2D eigenvalue weighted by atomic mass is 10.1. The first-order valence-corrected chi connectivity index (χ1v) is 10.7. The molecule has 36 heavy (non-hydrogen) atoms. The van der Waals surface area contributed by atoms with Crippen LogP contribution in [0.5, 0.6) is 5.88 Å². The van der Waals surface area contributed by atoms with E-state index >= 15 is 0 Å². The van der Waals surface area contributed by atoms with Crippen LogP contribution in [0.25, 0.3) is 11.8 Å². The number of hydrogen-bond acceptors (Lipinski definition) is 6. The molecule has 0 aliphatic carbocycles. The van der Waals surface area contributed by atoms with E-state index in [0.717, 1.165) is 9.47 Å². The van der Waals surface area contributed by atoms with Gasteiger partial charge >= 0.3 is 11.7 Å². The molecule has 3 aromatic rings. The fourth-order valence-corrected chi connectivity index (χ4v) is 3.47. The van der Waals surface area contributed by atoms with Gasteiger partial charge in [0.05, 0.1) is 11.4 Å². The van der Waals surface area contributed by atoms with Crippen molar-refractivity contribution in [2.45, 2.75) is 6.92 Å². The fourth-order valence-electron chi connectivity index (χ4n) is 3.47. The minimum absolute atomic E-state index is 0.161. The largest absolute Gasteiger partial charge is 0.494 e. The van der Waals surface area contributed by atoms with E-state index < -0.39 is 35.0 Å². The molecule has 0 spiro atoms. The molecule has 0 radical (unpaired) electrons. The average Bonchev–Trinajstić information content (AvgIpc) is 2.84. The van der Waals surface area contributed by atoms with Crippen LogP contribution in [-0.4, -0.2) is 32.5 Å². The molecule has 1 aliphatic heterocycles. The van der Waals surface area contributed by atoms with Gasteiger partial charge in [0.25, 0.3) is 17.4 Å². The lowest BCUT2D eigenvalue weighted by Crippen LogP contribution is -2.54. The lowest BCUT2D eigenvalue weighted by molar-refractivity contribution is -0.122. The van der Waals surface area contributed by atoms with Crippen LogP contribution in [-0.2, 0) is 9.59 Å². The molecular weight excluding hydrogens is 464 g/mol. The predicted octanol–water partition coefficient (Wildman–Crippen LogP) is 2.40. The van der Waals surface area contributed by atoms with E-state index in [1.165, 1.54) is 24.3 Å². The number of nitrogens with zero attached hydrogens (tertiary/aromatic N) is 2. The minimum Gasteiger partial charge on any atom is -0.494 e. The topological polar surface area (TPSA) is 142 Å². The van der Waals surface area contributed by atoms with Crippen molar-refractivity contribution < 1.29 is 19.5 Å². The number of carbonyl (C=O) groups is 3. The van der Waals surface area contributed by atoms with Gasteiger partial charge < -0.3 is 5.11 Å². The number of urea groups is 1. The molecule has 3 N–H and O–H groups in total. The number of imide groups is 2. The molecule has 0 bridgehead atoms. The molecule has 0 atom stereocenters. The van der Waals surface area contributed by atoms with E-state index in [1.807, 2.05) is 0 Å². The number of hydrogen-bond donors (Lipinski definition) is 3. The summed E-state index contributed by atoms with van der Waals surface area (Å²) in [6.07, 6.45) is 5.47. The van der Waals surface area contributed by atoms with Crippen molar-refractivity contribution in [2.75, 3.05) is 4.90 Å². The van der Waals surface area contributed by atoms with Crippen molar-refractivity contribution in [2.24, 2.45) is 0 Å². The number of benzene rings is 2. The monoisotopic (exact) mass is 484 g/mol. The average molecular weight is 484 g/mol. The first kappa shape index (κ1) is 23.9. The number of carbonyl (C=O) groups excluding carboxylic acids is 3.